The van der Waals surface area contributed by atoms with Crippen LogP contribution in [0.5, 0.6) is 0 Å². The third-order valence-electron chi connectivity index (χ3n) is 2.15. The minimum absolute atomic E-state index is 0.282. The van der Waals surface area contributed by atoms with Gasteiger partial charge < -0.3 is 10.1 Å². The first kappa shape index (κ1) is 13.4. The first-order chi connectivity index (χ1) is 8.04. The van der Waals surface area contributed by atoms with Crippen LogP contribution in [-0.4, -0.2) is 25.0 Å². The number of halogens is 2. The number of carbonyl (C=O) groups is 1. The van der Waals surface area contributed by atoms with E-state index in [9.17, 15) is 13.6 Å². The molecule has 1 aromatic carbocycles. The molecule has 0 saturated carbocycles. The van der Waals surface area contributed by atoms with E-state index in [4.69, 9.17) is 4.74 Å². The van der Waals surface area contributed by atoms with E-state index in [1.54, 1.807) is 25.1 Å². The zero-order valence-electron chi connectivity index (χ0n) is 9.74. The molecule has 0 aliphatic heterocycles. The molecule has 0 amide bonds. The molecule has 1 unspecified atom stereocenters. The molecule has 1 atom stereocenters. The second-order valence-corrected chi connectivity index (χ2v) is 3.57. The molecule has 17 heavy (non-hydrogen) atoms. The van der Waals surface area contributed by atoms with Crippen LogP contribution in [0.2, 0.25) is 0 Å². The molecule has 1 rings (SSSR count). The van der Waals surface area contributed by atoms with Crippen molar-refractivity contribution in [3.63, 3.8) is 0 Å². The number of ether oxygens (including phenoxy) is 1. The van der Waals surface area contributed by atoms with Gasteiger partial charge in [0, 0.05) is 5.69 Å². The fourth-order valence-corrected chi connectivity index (χ4v) is 1.28. The fourth-order valence-electron chi connectivity index (χ4n) is 1.28. The van der Waals surface area contributed by atoms with Crippen molar-refractivity contribution in [3.05, 3.63) is 29.8 Å². The Bertz CT molecular complexity index is 383. The van der Waals surface area contributed by atoms with Crippen molar-refractivity contribution < 1.29 is 18.3 Å². The lowest BCUT2D eigenvalue weighted by Gasteiger charge is -2.14. The van der Waals surface area contributed by atoms with Crippen molar-refractivity contribution in [1.82, 2.24) is 0 Å². The highest BCUT2D eigenvalue weighted by molar-refractivity contribution is 5.90. The van der Waals surface area contributed by atoms with Crippen molar-refractivity contribution in [2.45, 2.75) is 26.3 Å². The highest BCUT2D eigenvalue weighted by Crippen LogP contribution is 2.15. The zero-order valence-corrected chi connectivity index (χ0v) is 9.74. The van der Waals surface area contributed by atoms with E-state index >= 15 is 0 Å². The number of carbonyl (C=O) groups excluding carboxylic acids is 1. The van der Waals surface area contributed by atoms with Crippen LogP contribution in [0.3, 0.4) is 0 Å². The maximum absolute atomic E-state index is 12.3. The van der Waals surface area contributed by atoms with Gasteiger partial charge in [0.25, 0.3) is 6.43 Å². The van der Waals surface area contributed by atoms with Crippen LogP contribution < -0.4 is 5.32 Å². The number of alkyl halides is 2. The molecule has 1 N–H and O–H groups in total. The summed E-state index contributed by atoms with van der Waals surface area (Å²) >= 11 is 0. The Kier molecular flexibility index (Phi) is 4.87. The Labute approximate surface area is 98.8 Å². The predicted octanol–water partition coefficient (Wildman–Crippen LogP) is 2.93. The van der Waals surface area contributed by atoms with Gasteiger partial charge in [-0.3, -0.25) is 0 Å². The van der Waals surface area contributed by atoms with E-state index in [0.717, 1.165) is 0 Å². The zero-order chi connectivity index (χ0) is 12.8. The molecule has 0 aliphatic rings. The molecular formula is C12H15F2NO2. The highest BCUT2D eigenvalue weighted by Gasteiger charge is 2.14. The van der Waals surface area contributed by atoms with Gasteiger partial charge in [-0.25, -0.2) is 13.6 Å². The van der Waals surface area contributed by atoms with Crippen molar-refractivity contribution in [2.24, 2.45) is 0 Å². The molecule has 0 fully saturated rings. The lowest BCUT2D eigenvalue weighted by Crippen LogP contribution is -2.23. The van der Waals surface area contributed by atoms with Gasteiger partial charge in [-0.05, 0) is 32.0 Å². The summed E-state index contributed by atoms with van der Waals surface area (Å²) in [5, 5.41) is 2.62. The number of hydrogen-bond donors (Lipinski definition) is 1. The number of hydrogen-bond acceptors (Lipinski definition) is 3. The lowest BCUT2D eigenvalue weighted by atomic mass is 10.2. The second kappa shape index (κ2) is 6.18. The molecule has 0 bridgehead atoms. The number of esters is 1. The monoisotopic (exact) mass is 243 g/mol. The average Bonchev–Trinajstić information content (AvgIpc) is 2.29. The Hall–Kier alpha value is -1.65. The van der Waals surface area contributed by atoms with E-state index < -0.39 is 18.4 Å². The molecule has 0 aromatic heterocycles. The second-order valence-electron chi connectivity index (χ2n) is 3.57. The minimum atomic E-state index is -2.46. The van der Waals surface area contributed by atoms with Crippen LogP contribution in [0.15, 0.2) is 24.3 Å². The Morgan fingerprint density at radius 1 is 1.47 bits per heavy atom. The first-order valence-electron chi connectivity index (χ1n) is 5.36. The van der Waals surface area contributed by atoms with Crippen molar-refractivity contribution >= 4 is 11.7 Å². The summed E-state index contributed by atoms with van der Waals surface area (Å²) in [5.41, 5.74) is 0.821. The van der Waals surface area contributed by atoms with Crippen LogP contribution in [0.1, 0.15) is 24.2 Å². The Morgan fingerprint density at radius 3 is 2.76 bits per heavy atom. The van der Waals surface area contributed by atoms with Crippen molar-refractivity contribution in [2.75, 3.05) is 11.9 Å². The topological polar surface area (TPSA) is 38.3 Å². The van der Waals surface area contributed by atoms with Gasteiger partial charge in [-0.15, -0.1) is 0 Å². The average molecular weight is 243 g/mol. The predicted molar refractivity (Wildman–Crippen MR) is 61.5 cm³/mol. The third kappa shape index (κ3) is 4.01. The summed E-state index contributed by atoms with van der Waals surface area (Å²) in [7, 11) is 0. The van der Waals surface area contributed by atoms with Crippen LogP contribution >= 0.6 is 0 Å². The van der Waals surface area contributed by atoms with Crippen molar-refractivity contribution in [3.8, 4) is 0 Å². The third-order valence-corrected chi connectivity index (χ3v) is 2.15. The van der Waals surface area contributed by atoms with E-state index in [1.807, 2.05) is 0 Å². The van der Waals surface area contributed by atoms with Gasteiger partial charge in [0.2, 0.25) is 0 Å². The van der Waals surface area contributed by atoms with E-state index in [1.165, 1.54) is 13.0 Å². The summed E-state index contributed by atoms with van der Waals surface area (Å²) in [6, 6.07) is 5.36. The number of anilines is 1. The van der Waals surface area contributed by atoms with Crippen LogP contribution in [0, 0.1) is 0 Å². The standard InChI is InChI=1S/C12H15F2NO2/c1-3-17-12(16)9-5-4-6-10(7-9)15-8(2)11(13)14/h4-8,11,15H,3H2,1-2H3. The van der Waals surface area contributed by atoms with Gasteiger partial charge in [0.05, 0.1) is 18.2 Å². The molecule has 3 nitrogen and oxygen atoms in total. The molecule has 0 heterocycles. The molecule has 1 aromatic rings. The largest absolute Gasteiger partial charge is 0.462 e. The normalized spacial score (nSPS) is 12.3. The smallest absolute Gasteiger partial charge is 0.338 e. The van der Waals surface area contributed by atoms with Gasteiger partial charge in [-0.2, -0.15) is 0 Å². The quantitative estimate of drug-likeness (QED) is 0.808. The van der Waals surface area contributed by atoms with Gasteiger partial charge in [0.15, 0.2) is 0 Å². The number of rotatable bonds is 5. The molecule has 0 aliphatic carbocycles. The van der Waals surface area contributed by atoms with Crippen molar-refractivity contribution in [1.29, 1.82) is 0 Å². The summed E-state index contributed by atoms with van der Waals surface area (Å²) in [4.78, 5) is 11.4. The van der Waals surface area contributed by atoms with Gasteiger partial charge >= 0.3 is 5.97 Å². The van der Waals surface area contributed by atoms with Gasteiger partial charge in [-0.1, -0.05) is 6.07 Å². The molecular weight excluding hydrogens is 228 g/mol. The molecule has 0 radical (unpaired) electrons. The number of nitrogens with one attached hydrogen (secondary N) is 1. The summed E-state index contributed by atoms with van der Waals surface area (Å²) in [6.45, 7) is 3.37. The SMILES string of the molecule is CCOC(=O)c1cccc(NC(C)C(F)F)c1. The molecule has 94 valence electrons. The molecule has 0 saturated heterocycles. The summed E-state index contributed by atoms with van der Waals surface area (Å²) < 4.78 is 29.5. The summed E-state index contributed by atoms with van der Waals surface area (Å²) in [5.74, 6) is -0.458. The van der Waals surface area contributed by atoms with Crippen LogP contribution in [-0.2, 0) is 4.74 Å². The van der Waals surface area contributed by atoms with E-state index in [2.05, 4.69) is 5.32 Å². The lowest BCUT2D eigenvalue weighted by molar-refractivity contribution is 0.0526. The summed E-state index contributed by atoms with van der Waals surface area (Å²) in [6.07, 6.45) is -2.46. The minimum Gasteiger partial charge on any atom is -0.462 e. The molecule has 0 spiro atoms. The Morgan fingerprint density at radius 2 is 2.18 bits per heavy atom. The van der Waals surface area contributed by atoms with Crippen LogP contribution in [0.25, 0.3) is 0 Å². The maximum atomic E-state index is 12.3. The maximum Gasteiger partial charge on any atom is 0.338 e. The Balaban J connectivity index is 2.75. The number of benzene rings is 1. The van der Waals surface area contributed by atoms with E-state index in [-0.39, 0.29) is 6.61 Å². The van der Waals surface area contributed by atoms with E-state index in [0.29, 0.717) is 11.3 Å². The van der Waals surface area contributed by atoms with Gasteiger partial charge in [0.1, 0.15) is 0 Å². The highest BCUT2D eigenvalue weighted by atomic mass is 19.3. The van der Waals surface area contributed by atoms with Crippen LogP contribution in [0.4, 0.5) is 14.5 Å². The fraction of sp³-hybridized carbons (Fsp3) is 0.417. The molecule has 5 heteroatoms. The first-order valence-corrected chi connectivity index (χ1v) is 5.36.